The highest BCUT2D eigenvalue weighted by molar-refractivity contribution is 6.02. The van der Waals surface area contributed by atoms with Gasteiger partial charge in [-0.15, -0.1) is 0 Å². The quantitative estimate of drug-likeness (QED) is 0.178. The van der Waals surface area contributed by atoms with Crippen LogP contribution >= 0.6 is 0 Å². The molecular weight excluding hydrogens is 476 g/mol. The van der Waals surface area contributed by atoms with Gasteiger partial charge in [-0.3, -0.25) is 4.79 Å². The van der Waals surface area contributed by atoms with Gasteiger partial charge in [-0.2, -0.15) is 5.10 Å². The van der Waals surface area contributed by atoms with Gasteiger partial charge in [0.15, 0.2) is 11.5 Å². The molecule has 0 aliphatic heterocycles. The zero-order valence-electron chi connectivity index (χ0n) is 21.3. The summed E-state index contributed by atoms with van der Waals surface area (Å²) in [5.41, 5.74) is 4.84. The Morgan fingerprint density at radius 3 is 2.21 bits per heavy atom. The fourth-order valence-corrected chi connectivity index (χ4v) is 4.27. The number of methoxy groups -OCH3 is 1. The highest BCUT2D eigenvalue weighted by Crippen LogP contribution is 2.29. The maximum Gasteiger partial charge on any atom is 0.275 e. The summed E-state index contributed by atoms with van der Waals surface area (Å²) in [6.07, 6.45) is 1.57. The molecule has 0 radical (unpaired) electrons. The zero-order chi connectivity index (χ0) is 26.3. The monoisotopic (exact) mass is 504 g/mol. The molecule has 0 fully saturated rings. The molecule has 0 spiro atoms. The van der Waals surface area contributed by atoms with Crippen LogP contribution < -0.4 is 19.6 Å². The third-order valence-electron chi connectivity index (χ3n) is 6.17. The van der Waals surface area contributed by atoms with Gasteiger partial charge < -0.3 is 14.2 Å². The first-order valence-electron chi connectivity index (χ1n) is 12.4. The highest BCUT2D eigenvalue weighted by atomic mass is 16.5. The Morgan fingerprint density at radius 2 is 1.47 bits per heavy atom. The summed E-state index contributed by atoms with van der Waals surface area (Å²) in [4.78, 5) is 12.8. The lowest BCUT2D eigenvalue weighted by molar-refractivity contribution is 0.0952. The largest absolute Gasteiger partial charge is 0.496 e. The Kier molecular flexibility index (Phi) is 7.50. The topological polar surface area (TPSA) is 69.2 Å². The van der Waals surface area contributed by atoms with Crippen LogP contribution in [0.4, 0.5) is 0 Å². The summed E-state index contributed by atoms with van der Waals surface area (Å²) in [7, 11) is 1.54. The van der Waals surface area contributed by atoms with Gasteiger partial charge in [0.05, 0.1) is 25.5 Å². The lowest BCUT2D eigenvalue weighted by atomic mass is 10.1. The van der Waals surface area contributed by atoms with E-state index in [-0.39, 0.29) is 5.91 Å². The van der Waals surface area contributed by atoms with Gasteiger partial charge in [0, 0.05) is 0 Å². The van der Waals surface area contributed by atoms with E-state index in [1.54, 1.807) is 19.4 Å². The van der Waals surface area contributed by atoms with Crippen molar-refractivity contribution in [3.63, 3.8) is 0 Å². The second-order valence-electron chi connectivity index (χ2n) is 8.71. The van der Waals surface area contributed by atoms with Crippen molar-refractivity contribution in [2.24, 2.45) is 5.10 Å². The minimum atomic E-state index is -0.357. The van der Waals surface area contributed by atoms with E-state index in [2.05, 4.69) is 40.9 Å². The summed E-state index contributed by atoms with van der Waals surface area (Å²) in [5, 5.41) is 8.46. The number of nitrogens with zero attached hydrogens (tertiary/aromatic N) is 1. The number of amides is 1. The lowest BCUT2D eigenvalue weighted by Gasteiger charge is -2.13. The van der Waals surface area contributed by atoms with Gasteiger partial charge in [-0.1, -0.05) is 60.7 Å². The molecule has 0 saturated heterocycles. The predicted molar refractivity (Wildman–Crippen MR) is 151 cm³/mol. The second-order valence-corrected chi connectivity index (χ2v) is 8.71. The number of rotatable bonds is 9. The number of hydrogen-bond donors (Lipinski definition) is 1. The van der Waals surface area contributed by atoms with Crippen LogP contribution in [0, 0.1) is 0 Å². The van der Waals surface area contributed by atoms with Crippen molar-refractivity contribution < 1.29 is 19.0 Å². The SMILES string of the molecule is CCOc1cc(/C=N\NC(=O)c2cc3ccccc3cc2OC)ccc1OCc1ccc2ccccc2c1. The van der Waals surface area contributed by atoms with Crippen LogP contribution in [0.3, 0.4) is 0 Å². The van der Waals surface area contributed by atoms with Crippen molar-refractivity contribution in [3.05, 3.63) is 114 Å². The van der Waals surface area contributed by atoms with Gasteiger partial charge in [0.1, 0.15) is 12.4 Å². The van der Waals surface area contributed by atoms with E-state index in [1.807, 2.05) is 67.6 Å². The number of hydrazone groups is 1. The Balaban J connectivity index is 1.28. The van der Waals surface area contributed by atoms with Gasteiger partial charge in [0.2, 0.25) is 0 Å². The van der Waals surface area contributed by atoms with Crippen molar-refractivity contribution in [2.75, 3.05) is 13.7 Å². The molecule has 38 heavy (non-hydrogen) atoms. The number of hydrogen-bond acceptors (Lipinski definition) is 5. The van der Waals surface area contributed by atoms with E-state index in [9.17, 15) is 4.79 Å². The smallest absolute Gasteiger partial charge is 0.275 e. The van der Waals surface area contributed by atoms with Crippen molar-refractivity contribution in [2.45, 2.75) is 13.5 Å². The maximum atomic E-state index is 12.8. The van der Waals surface area contributed by atoms with Gasteiger partial charge in [-0.25, -0.2) is 5.43 Å². The van der Waals surface area contributed by atoms with E-state index in [1.165, 1.54) is 10.8 Å². The first-order chi connectivity index (χ1) is 18.6. The van der Waals surface area contributed by atoms with E-state index in [4.69, 9.17) is 14.2 Å². The Labute approximate surface area is 221 Å². The molecule has 6 nitrogen and oxygen atoms in total. The standard InChI is InChI=1S/C32H28N2O4/c1-3-37-31-17-22(13-15-29(31)38-21-23-12-14-24-8-4-5-9-25(24)16-23)20-33-34-32(35)28-18-26-10-6-7-11-27(26)19-30(28)36-2/h4-20H,3,21H2,1-2H3,(H,34,35)/b33-20-. The molecule has 190 valence electrons. The van der Waals surface area contributed by atoms with E-state index in [0.717, 1.165) is 21.9 Å². The first-order valence-corrected chi connectivity index (χ1v) is 12.4. The van der Waals surface area contributed by atoms with Crippen LogP contribution in [0.5, 0.6) is 17.2 Å². The number of nitrogens with one attached hydrogen (secondary N) is 1. The van der Waals surface area contributed by atoms with Gasteiger partial charge >= 0.3 is 0 Å². The third-order valence-corrected chi connectivity index (χ3v) is 6.17. The van der Waals surface area contributed by atoms with E-state index < -0.39 is 0 Å². The van der Waals surface area contributed by atoms with E-state index in [0.29, 0.717) is 36.0 Å². The summed E-state index contributed by atoms with van der Waals surface area (Å²) in [5.74, 6) is 1.38. The number of fused-ring (bicyclic) bond motifs is 2. The average molecular weight is 505 g/mol. The first kappa shape index (κ1) is 24.8. The maximum absolute atomic E-state index is 12.8. The fourth-order valence-electron chi connectivity index (χ4n) is 4.27. The second kappa shape index (κ2) is 11.5. The molecule has 5 aromatic rings. The predicted octanol–water partition coefficient (Wildman–Crippen LogP) is 6.74. The molecule has 0 atom stereocenters. The minimum Gasteiger partial charge on any atom is -0.496 e. The van der Waals surface area contributed by atoms with Crippen LogP contribution in [0.2, 0.25) is 0 Å². The Morgan fingerprint density at radius 1 is 0.763 bits per heavy atom. The Bertz CT molecular complexity index is 1630. The van der Waals surface area contributed by atoms with Gasteiger partial charge in [-0.05, 0) is 76.0 Å². The molecule has 1 N–H and O–H groups in total. The molecule has 6 heteroatoms. The molecule has 0 aliphatic carbocycles. The number of ether oxygens (including phenoxy) is 3. The number of carbonyl (C=O) groups excluding carboxylic acids is 1. The highest BCUT2D eigenvalue weighted by Gasteiger charge is 2.13. The average Bonchev–Trinajstić information content (AvgIpc) is 2.96. The van der Waals surface area contributed by atoms with E-state index >= 15 is 0 Å². The summed E-state index contributed by atoms with van der Waals surface area (Å²) < 4.78 is 17.3. The number of benzene rings is 5. The molecule has 0 saturated carbocycles. The summed E-state index contributed by atoms with van der Waals surface area (Å²) in [6.45, 7) is 2.83. The molecular formula is C32H28N2O4. The van der Waals surface area contributed by atoms with Gasteiger partial charge in [0.25, 0.3) is 5.91 Å². The van der Waals surface area contributed by atoms with Crippen molar-refractivity contribution >= 4 is 33.7 Å². The number of carbonyl (C=O) groups is 1. The third kappa shape index (κ3) is 5.60. The molecule has 0 bridgehead atoms. The van der Waals surface area contributed by atoms with Crippen molar-refractivity contribution in [3.8, 4) is 17.2 Å². The molecule has 0 aliphatic rings. The summed E-state index contributed by atoms with van der Waals surface area (Å²) in [6, 6.07) is 31.5. The normalized spacial score (nSPS) is 11.1. The minimum absolute atomic E-state index is 0.357. The molecule has 1 amide bonds. The lowest BCUT2D eigenvalue weighted by Crippen LogP contribution is -2.18. The van der Waals surface area contributed by atoms with Crippen LogP contribution in [-0.4, -0.2) is 25.8 Å². The molecule has 0 unspecified atom stereocenters. The molecule has 5 aromatic carbocycles. The molecule has 0 heterocycles. The Hall–Kier alpha value is -4.84. The van der Waals surface area contributed by atoms with Crippen molar-refractivity contribution in [1.29, 1.82) is 0 Å². The van der Waals surface area contributed by atoms with Crippen LogP contribution in [0.25, 0.3) is 21.5 Å². The molecule has 0 aromatic heterocycles. The zero-order valence-corrected chi connectivity index (χ0v) is 21.3. The van der Waals surface area contributed by atoms with Crippen LogP contribution in [0.1, 0.15) is 28.4 Å². The van der Waals surface area contributed by atoms with Crippen LogP contribution in [-0.2, 0) is 6.61 Å². The van der Waals surface area contributed by atoms with Crippen molar-refractivity contribution in [1.82, 2.24) is 5.43 Å². The summed E-state index contributed by atoms with van der Waals surface area (Å²) >= 11 is 0. The van der Waals surface area contributed by atoms with Crippen LogP contribution in [0.15, 0.2) is 102 Å². The molecule has 5 rings (SSSR count). The fraction of sp³-hybridized carbons (Fsp3) is 0.125.